The monoisotopic (exact) mass is 250 g/mol. The van der Waals surface area contributed by atoms with E-state index in [1.807, 2.05) is 32.0 Å². The van der Waals surface area contributed by atoms with Gasteiger partial charge in [0.05, 0.1) is 12.6 Å². The number of amides is 1. The first-order valence-corrected chi connectivity index (χ1v) is 6.15. The summed E-state index contributed by atoms with van der Waals surface area (Å²) in [4.78, 5) is 12.1. The second-order valence-electron chi connectivity index (χ2n) is 4.52. The van der Waals surface area contributed by atoms with Gasteiger partial charge in [-0.1, -0.05) is 17.7 Å². The maximum atomic E-state index is 12.1. The number of nitrogens with two attached hydrogens (primary N) is 1. The molecule has 100 valence electrons. The Hall–Kier alpha value is -1.39. The Balaban J connectivity index is 2.73. The molecule has 1 aromatic carbocycles. The van der Waals surface area contributed by atoms with Crippen molar-refractivity contribution in [2.45, 2.75) is 26.3 Å². The lowest BCUT2D eigenvalue weighted by Crippen LogP contribution is -2.39. The molecule has 0 spiro atoms. The van der Waals surface area contributed by atoms with Crippen LogP contribution in [0.5, 0.6) is 0 Å². The molecule has 1 atom stereocenters. The minimum absolute atomic E-state index is 0.0341. The van der Waals surface area contributed by atoms with Crippen LogP contribution in [0.15, 0.2) is 18.2 Å². The van der Waals surface area contributed by atoms with Gasteiger partial charge < -0.3 is 15.8 Å². The molecule has 1 aromatic rings. The van der Waals surface area contributed by atoms with Gasteiger partial charge in [-0.3, -0.25) is 4.79 Å². The van der Waals surface area contributed by atoms with Crippen LogP contribution >= 0.6 is 0 Å². The fourth-order valence-corrected chi connectivity index (χ4v) is 1.93. The lowest BCUT2D eigenvalue weighted by Gasteiger charge is -2.18. The van der Waals surface area contributed by atoms with Crippen LogP contribution in [0.4, 0.5) is 0 Å². The largest absolute Gasteiger partial charge is 0.383 e. The molecular weight excluding hydrogens is 228 g/mol. The maximum Gasteiger partial charge on any atom is 0.251 e. The van der Waals surface area contributed by atoms with Gasteiger partial charge in [0.15, 0.2) is 0 Å². The van der Waals surface area contributed by atoms with E-state index in [1.54, 1.807) is 7.11 Å². The van der Waals surface area contributed by atoms with Gasteiger partial charge in [-0.25, -0.2) is 0 Å². The molecule has 0 radical (unpaired) electrons. The van der Waals surface area contributed by atoms with E-state index in [0.717, 1.165) is 11.1 Å². The molecule has 18 heavy (non-hydrogen) atoms. The van der Waals surface area contributed by atoms with Crippen LogP contribution in [-0.4, -0.2) is 32.2 Å². The van der Waals surface area contributed by atoms with Crippen LogP contribution < -0.4 is 11.1 Å². The minimum Gasteiger partial charge on any atom is -0.383 e. The molecule has 0 aliphatic rings. The fourth-order valence-electron chi connectivity index (χ4n) is 1.93. The van der Waals surface area contributed by atoms with Gasteiger partial charge in [0.25, 0.3) is 5.91 Å². The summed E-state index contributed by atoms with van der Waals surface area (Å²) in [6, 6.07) is 5.76. The van der Waals surface area contributed by atoms with Crippen molar-refractivity contribution >= 4 is 5.91 Å². The minimum atomic E-state index is -0.0667. The molecule has 0 saturated heterocycles. The van der Waals surface area contributed by atoms with Gasteiger partial charge in [-0.2, -0.15) is 0 Å². The van der Waals surface area contributed by atoms with Crippen molar-refractivity contribution in [1.82, 2.24) is 5.32 Å². The molecule has 4 nitrogen and oxygen atoms in total. The number of carbonyl (C=O) groups excluding carboxylic acids is 1. The second-order valence-corrected chi connectivity index (χ2v) is 4.52. The predicted octanol–water partition coefficient (Wildman–Crippen LogP) is 1.40. The highest BCUT2D eigenvalue weighted by molar-refractivity contribution is 5.95. The molecule has 1 unspecified atom stereocenters. The van der Waals surface area contributed by atoms with E-state index in [0.29, 0.717) is 25.1 Å². The summed E-state index contributed by atoms with van der Waals surface area (Å²) < 4.78 is 5.07. The summed E-state index contributed by atoms with van der Waals surface area (Å²) in [7, 11) is 1.62. The number of hydrogen-bond donors (Lipinski definition) is 2. The Morgan fingerprint density at radius 2 is 2.17 bits per heavy atom. The first kappa shape index (κ1) is 14.7. The standard InChI is InChI=1S/C14H22N2O2/c1-10-4-5-13(11(2)8-10)14(17)16-12(6-7-15)9-18-3/h4-5,8,12H,6-7,9,15H2,1-3H3,(H,16,17). The summed E-state index contributed by atoms with van der Waals surface area (Å²) in [5.74, 6) is -0.0667. The number of benzene rings is 1. The lowest BCUT2D eigenvalue weighted by molar-refractivity contribution is 0.0893. The van der Waals surface area contributed by atoms with E-state index < -0.39 is 0 Å². The topological polar surface area (TPSA) is 64.3 Å². The van der Waals surface area contributed by atoms with Crippen molar-refractivity contribution < 1.29 is 9.53 Å². The van der Waals surface area contributed by atoms with Crippen molar-refractivity contribution in [3.8, 4) is 0 Å². The smallest absolute Gasteiger partial charge is 0.251 e. The summed E-state index contributed by atoms with van der Waals surface area (Å²) in [5, 5.41) is 2.95. The van der Waals surface area contributed by atoms with Crippen LogP contribution in [0.3, 0.4) is 0 Å². The van der Waals surface area contributed by atoms with Gasteiger partial charge in [-0.05, 0) is 38.4 Å². The van der Waals surface area contributed by atoms with E-state index >= 15 is 0 Å². The van der Waals surface area contributed by atoms with Crippen LogP contribution in [0, 0.1) is 13.8 Å². The van der Waals surface area contributed by atoms with Crippen molar-refractivity contribution in [1.29, 1.82) is 0 Å². The molecule has 0 fully saturated rings. The number of carbonyl (C=O) groups is 1. The Bertz CT molecular complexity index is 399. The zero-order chi connectivity index (χ0) is 13.5. The Morgan fingerprint density at radius 3 is 2.72 bits per heavy atom. The molecule has 0 heterocycles. The Kier molecular flexibility index (Phi) is 5.82. The van der Waals surface area contributed by atoms with Crippen molar-refractivity contribution in [3.05, 3.63) is 34.9 Å². The molecule has 0 aromatic heterocycles. The van der Waals surface area contributed by atoms with Gasteiger partial charge in [-0.15, -0.1) is 0 Å². The van der Waals surface area contributed by atoms with Crippen LogP contribution in [-0.2, 0) is 4.74 Å². The highest BCUT2D eigenvalue weighted by Crippen LogP contribution is 2.10. The van der Waals surface area contributed by atoms with Crippen LogP contribution in [0.2, 0.25) is 0 Å². The SMILES string of the molecule is COCC(CCN)NC(=O)c1ccc(C)cc1C. The van der Waals surface area contributed by atoms with E-state index in [-0.39, 0.29) is 11.9 Å². The van der Waals surface area contributed by atoms with E-state index in [2.05, 4.69) is 5.32 Å². The number of aryl methyl sites for hydroxylation is 2. The summed E-state index contributed by atoms with van der Waals surface area (Å²) in [5.41, 5.74) is 8.36. The fraction of sp³-hybridized carbons (Fsp3) is 0.500. The summed E-state index contributed by atoms with van der Waals surface area (Å²) in [6.07, 6.45) is 0.713. The van der Waals surface area contributed by atoms with E-state index in [4.69, 9.17) is 10.5 Å². The van der Waals surface area contributed by atoms with Gasteiger partial charge in [0.1, 0.15) is 0 Å². The summed E-state index contributed by atoms with van der Waals surface area (Å²) in [6.45, 7) is 4.96. The Labute approximate surface area is 109 Å². The zero-order valence-corrected chi connectivity index (χ0v) is 11.3. The number of hydrogen-bond acceptors (Lipinski definition) is 3. The highest BCUT2D eigenvalue weighted by atomic mass is 16.5. The highest BCUT2D eigenvalue weighted by Gasteiger charge is 2.14. The van der Waals surface area contributed by atoms with Crippen molar-refractivity contribution in [3.63, 3.8) is 0 Å². The Morgan fingerprint density at radius 1 is 1.44 bits per heavy atom. The van der Waals surface area contributed by atoms with Crippen LogP contribution in [0.1, 0.15) is 27.9 Å². The normalized spacial score (nSPS) is 12.2. The molecule has 3 N–H and O–H groups in total. The second kappa shape index (κ2) is 7.13. The number of ether oxygens (including phenoxy) is 1. The molecule has 0 aliphatic carbocycles. The first-order valence-electron chi connectivity index (χ1n) is 6.15. The predicted molar refractivity (Wildman–Crippen MR) is 72.7 cm³/mol. The van der Waals surface area contributed by atoms with Crippen molar-refractivity contribution in [2.24, 2.45) is 5.73 Å². The molecule has 1 rings (SSSR count). The summed E-state index contributed by atoms with van der Waals surface area (Å²) >= 11 is 0. The average molecular weight is 250 g/mol. The van der Waals surface area contributed by atoms with E-state index in [1.165, 1.54) is 0 Å². The maximum absolute atomic E-state index is 12.1. The molecule has 0 aliphatic heterocycles. The number of rotatable bonds is 6. The molecule has 1 amide bonds. The van der Waals surface area contributed by atoms with Gasteiger partial charge in [0.2, 0.25) is 0 Å². The van der Waals surface area contributed by atoms with E-state index in [9.17, 15) is 4.79 Å². The first-order chi connectivity index (χ1) is 8.58. The quantitative estimate of drug-likeness (QED) is 0.802. The average Bonchev–Trinajstić information content (AvgIpc) is 2.29. The molecule has 0 bridgehead atoms. The third kappa shape index (κ3) is 4.13. The van der Waals surface area contributed by atoms with Gasteiger partial charge >= 0.3 is 0 Å². The molecular formula is C14H22N2O2. The molecule has 0 saturated carbocycles. The number of nitrogens with one attached hydrogen (secondary N) is 1. The van der Waals surface area contributed by atoms with Crippen molar-refractivity contribution in [2.75, 3.05) is 20.3 Å². The van der Waals surface area contributed by atoms with Gasteiger partial charge in [0, 0.05) is 12.7 Å². The molecule has 4 heteroatoms. The third-order valence-corrected chi connectivity index (χ3v) is 2.84. The third-order valence-electron chi connectivity index (χ3n) is 2.84. The van der Waals surface area contributed by atoms with Crippen LogP contribution in [0.25, 0.3) is 0 Å². The zero-order valence-electron chi connectivity index (χ0n) is 11.3. The number of methoxy groups -OCH3 is 1. The lowest BCUT2D eigenvalue weighted by atomic mass is 10.0.